The lowest BCUT2D eigenvalue weighted by Crippen LogP contribution is -2.24. The van der Waals surface area contributed by atoms with E-state index in [0.717, 1.165) is 0 Å². The largest absolute Gasteiger partial charge is 0.550 e. The molecular formula is C10H10NO3-. The zero-order valence-corrected chi connectivity index (χ0v) is 7.53. The van der Waals surface area contributed by atoms with Gasteiger partial charge in [0.2, 0.25) is 5.91 Å². The third-order valence-electron chi connectivity index (χ3n) is 1.61. The number of para-hydroxylation sites is 1. The lowest BCUT2D eigenvalue weighted by atomic mass is 10.2. The number of amides is 1. The molecule has 0 bridgehead atoms. The van der Waals surface area contributed by atoms with E-state index in [-0.39, 0.29) is 18.7 Å². The standard InChI is InChI=1S/C10H11NO3/c12-9(6-7-10(13)14)11-8-4-2-1-3-5-8/h1-5H,6-7H2,(H,11,12)(H,13,14)/p-1. The highest BCUT2D eigenvalue weighted by Crippen LogP contribution is 2.05. The Morgan fingerprint density at radius 2 is 1.79 bits per heavy atom. The Balaban J connectivity index is 2.38. The normalized spacial score (nSPS) is 9.43. The van der Waals surface area contributed by atoms with Gasteiger partial charge in [0.25, 0.3) is 0 Å². The van der Waals surface area contributed by atoms with E-state index in [0.29, 0.717) is 5.69 Å². The summed E-state index contributed by atoms with van der Waals surface area (Å²) >= 11 is 0. The van der Waals surface area contributed by atoms with Gasteiger partial charge in [0, 0.05) is 18.1 Å². The van der Waals surface area contributed by atoms with Crippen LogP contribution >= 0.6 is 0 Å². The molecule has 0 aliphatic rings. The summed E-state index contributed by atoms with van der Waals surface area (Å²) in [7, 11) is 0. The number of hydrogen-bond acceptors (Lipinski definition) is 3. The van der Waals surface area contributed by atoms with Crippen molar-refractivity contribution in [3.8, 4) is 0 Å². The average molecular weight is 192 g/mol. The van der Waals surface area contributed by atoms with Crippen molar-refractivity contribution in [3.05, 3.63) is 30.3 Å². The molecule has 0 aliphatic carbocycles. The first-order valence-electron chi connectivity index (χ1n) is 4.23. The topological polar surface area (TPSA) is 69.2 Å². The number of carbonyl (C=O) groups is 2. The summed E-state index contributed by atoms with van der Waals surface area (Å²) in [6.07, 6.45) is -0.310. The maximum absolute atomic E-state index is 11.1. The number of hydrogen-bond donors (Lipinski definition) is 1. The van der Waals surface area contributed by atoms with E-state index in [2.05, 4.69) is 5.32 Å². The number of carbonyl (C=O) groups excluding carboxylic acids is 2. The van der Waals surface area contributed by atoms with Crippen LogP contribution < -0.4 is 10.4 Å². The van der Waals surface area contributed by atoms with Crippen molar-refractivity contribution in [2.75, 3.05) is 5.32 Å². The quantitative estimate of drug-likeness (QED) is 0.738. The van der Waals surface area contributed by atoms with Crippen LogP contribution in [0.1, 0.15) is 12.8 Å². The second-order valence-corrected chi connectivity index (χ2v) is 2.79. The Morgan fingerprint density at radius 3 is 2.36 bits per heavy atom. The minimum Gasteiger partial charge on any atom is -0.550 e. The molecule has 0 heterocycles. The zero-order valence-electron chi connectivity index (χ0n) is 7.53. The number of anilines is 1. The van der Waals surface area contributed by atoms with Gasteiger partial charge in [-0.25, -0.2) is 0 Å². The predicted octanol–water partition coefficient (Wildman–Crippen LogP) is 0.155. The van der Waals surface area contributed by atoms with Crippen molar-refractivity contribution in [3.63, 3.8) is 0 Å². The second kappa shape index (κ2) is 5.01. The first kappa shape index (κ1) is 10.2. The van der Waals surface area contributed by atoms with Gasteiger partial charge in [-0.1, -0.05) is 18.2 Å². The van der Waals surface area contributed by atoms with Gasteiger partial charge in [0.15, 0.2) is 0 Å². The van der Waals surface area contributed by atoms with E-state index in [9.17, 15) is 14.7 Å². The highest BCUT2D eigenvalue weighted by Gasteiger charge is 2.00. The zero-order chi connectivity index (χ0) is 10.4. The first-order chi connectivity index (χ1) is 6.68. The van der Waals surface area contributed by atoms with Gasteiger partial charge in [-0.3, -0.25) is 4.79 Å². The summed E-state index contributed by atoms with van der Waals surface area (Å²) in [6, 6.07) is 8.87. The van der Waals surface area contributed by atoms with Crippen molar-refractivity contribution in [2.45, 2.75) is 12.8 Å². The molecule has 1 aromatic carbocycles. The molecule has 1 N–H and O–H groups in total. The maximum Gasteiger partial charge on any atom is 0.224 e. The lowest BCUT2D eigenvalue weighted by molar-refractivity contribution is -0.305. The molecule has 0 saturated heterocycles. The monoisotopic (exact) mass is 192 g/mol. The highest BCUT2D eigenvalue weighted by atomic mass is 16.4. The third kappa shape index (κ3) is 3.71. The molecule has 14 heavy (non-hydrogen) atoms. The van der Waals surface area contributed by atoms with Crippen LogP contribution in [0.4, 0.5) is 5.69 Å². The van der Waals surface area contributed by atoms with E-state index in [1.54, 1.807) is 24.3 Å². The molecule has 4 heteroatoms. The van der Waals surface area contributed by atoms with Crippen LogP contribution in [-0.2, 0) is 9.59 Å². The highest BCUT2D eigenvalue weighted by molar-refractivity contribution is 5.92. The Morgan fingerprint density at radius 1 is 1.14 bits per heavy atom. The summed E-state index contributed by atoms with van der Waals surface area (Å²) in [6.45, 7) is 0. The fraction of sp³-hybridized carbons (Fsp3) is 0.200. The number of rotatable bonds is 4. The minimum absolute atomic E-state index is 0.0583. The number of nitrogens with one attached hydrogen (secondary N) is 1. The molecule has 0 unspecified atom stereocenters. The smallest absolute Gasteiger partial charge is 0.224 e. The first-order valence-corrected chi connectivity index (χ1v) is 4.23. The Bertz CT molecular complexity index is 321. The fourth-order valence-corrected chi connectivity index (χ4v) is 0.961. The Labute approximate surface area is 81.6 Å². The van der Waals surface area contributed by atoms with Crippen LogP contribution in [0, 0.1) is 0 Å². The van der Waals surface area contributed by atoms with E-state index in [1.165, 1.54) is 0 Å². The second-order valence-electron chi connectivity index (χ2n) is 2.79. The molecule has 1 aromatic rings. The Kier molecular flexibility index (Phi) is 3.67. The van der Waals surface area contributed by atoms with Crippen LogP contribution in [-0.4, -0.2) is 11.9 Å². The van der Waals surface area contributed by atoms with E-state index in [4.69, 9.17) is 0 Å². The summed E-state index contributed by atoms with van der Waals surface area (Å²) in [5.74, 6) is -1.53. The minimum atomic E-state index is -1.21. The molecule has 0 spiro atoms. The lowest BCUT2D eigenvalue weighted by Gasteiger charge is -2.04. The molecule has 0 atom stereocenters. The van der Waals surface area contributed by atoms with Gasteiger partial charge in [0.1, 0.15) is 0 Å². The van der Waals surface area contributed by atoms with Gasteiger partial charge in [-0.15, -0.1) is 0 Å². The number of carboxylic acid groups (broad SMARTS) is 1. The van der Waals surface area contributed by atoms with Gasteiger partial charge in [-0.2, -0.15) is 0 Å². The summed E-state index contributed by atoms with van der Waals surface area (Å²) in [5, 5.41) is 12.6. The molecule has 0 aromatic heterocycles. The van der Waals surface area contributed by atoms with Crippen LogP contribution in [0.15, 0.2) is 30.3 Å². The maximum atomic E-state index is 11.1. The van der Waals surface area contributed by atoms with Gasteiger partial charge in [-0.05, 0) is 18.6 Å². The van der Waals surface area contributed by atoms with Crippen LogP contribution in [0.5, 0.6) is 0 Å². The third-order valence-corrected chi connectivity index (χ3v) is 1.61. The van der Waals surface area contributed by atoms with Gasteiger partial charge in [0.05, 0.1) is 0 Å². The molecule has 0 aliphatic heterocycles. The van der Waals surface area contributed by atoms with Gasteiger partial charge >= 0.3 is 0 Å². The van der Waals surface area contributed by atoms with Crippen LogP contribution in [0.25, 0.3) is 0 Å². The summed E-state index contributed by atoms with van der Waals surface area (Å²) in [4.78, 5) is 21.2. The van der Waals surface area contributed by atoms with E-state index < -0.39 is 5.97 Å². The SMILES string of the molecule is O=C([O-])CCC(=O)Nc1ccccc1. The van der Waals surface area contributed by atoms with Crippen LogP contribution in [0.2, 0.25) is 0 Å². The van der Waals surface area contributed by atoms with Crippen molar-refractivity contribution in [2.24, 2.45) is 0 Å². The van der Waals surface area contributed by atoms with E-state index >= 15 is 0 Å². The molecule has 4 nitrogen and oxygen atoms in total. The predicted molar refractivity (Wildman–Crippen MR) is 49.3 cm³/mol. The molecule has 0 radical (unpaired) electrons. The van der Waals surface area contributed by atoms with Crippen molar-refractivity contribution in [1.29, 1.82) is 0 Å². The van der Waals surface area contributed by atoms with Gasteiger partial charge < -0.3 is 15.2 Å². The number of aliphatic carboxylic acids is 1. The van der Waals surface area contributed by atoms with Crippen molar-refractivity contribution < 1.29 is 14.7 Å². The van der Waals surface area contributed by atoms with E-state index in [1.807, 2.05) is 6.07 Å². The molecule has 1 amide bonds. The van der Waals surface area contributed by atoms with Crippen LogP contribution in [0.3, 0.4) is 0 Å². The molecule has 74 valence electrons. The van der Waals surface area contributed by atoms with Crippen molar-refractivity contribution >= 4 is 17.6 Å². The molecule has 1 rings (SSSR count). The fourth-order valence-electron chi connectivity index (χ4n) is 0.961. The molecule has 0 fully saturated rings. The van der Waals surface area contributed by atoms with Crippen molar-refractivity contribution in [1.82, 2.24) is 0 Å². The number of benzene rings is 1. The summed E-state index contributed by atoms with van der Waals surface area (Å²) in [5.41, 5.74) is 0.663. The number of carboxylic acids is 1. The Hall–Kier alpha value is -1.84. The summed E-state index contributed by atoms with van der Waals surface area (Å²) < 4.78 is 0. The molecular weight excluding hydrogens is 182 g/mol. The molecule has 0 saturated carbocycles. The average Bonchev–Trinajstić information content (AvgIpc) is 2.16.